The van der Waals surface area contributed by atoms with Gasteiger partial charge in [-0.3, -0.25) is 33.6 Å². The molecule has 2 aliphatic rings. The molecule has 0 radical (unpaired) electrons. The molecule has 268 valence electrons. The van der Waals surface area contributed by atoms with Crippen molar-refractivity contribution in [3.05, 3.63) is 10.4 Å². The second-order valence-electron chi connectivity index (χ2n) is 10.6. The van der Waals surface area contributed by atoms with Crippen molar-refractivity contribution in [2.24, 2.45) is 5.11 Å². The van der Waals surface area contributed by atoms with E-state index in [0.717, 1.165) is 48.5 Å². The Morgan fingerprint density at radius 3 is 1.38 bits per heavy atom. The average Bonchev–Trinajstić information content (AvgIpc) is 2.95. The molecule has 0 amide bonds. The Hall–Kier alpha value is -4.52. The van der Waals surface area contributed by atoms with Crippen molar-refractivity contribution in [1.82, 2.24) is 0 Å². The molecule has 2 saturated heterocycles. The average molecular weight is 690 g/mol. The number of rotatable bonds is 14. The first-order valence-electron chi connectivity index (χ1n) is 14.6. The van der Waals surface area contributed by atoms with Crippen LogP contribution in [0.2, 0.25) is 0 Å². The standard InChI is InChI=1S/C28H39N3O17/c1-12(32)39-10-20-24(25(43-16(5)36)22(41-14(3)34)19(46-20)8-9-30-31-29)48-28-27(45-18(7)38)26(44-17(6)37)23(42-15(4)35)21(47-28)11-40-13(2)33/h19-28H,8-11H2,1-7H3/t19-,20+,21+,22-,23-,24+,25+,26-,27+,28-/m0/s1. The van der Waals surface area contributed by atoms with Crippen LogP contribution in [0.15, 0.2) is 5.11 Å². The summed E-state index contributed by atoms with van der Waals surface area (Å²) >= 11 is 0. The van der Waals surface area contributed by atoms with Gasteiger partial charge in [-0.05, 0) is 12.0 Å². The summed E-state index contributed by atoms with van der Waals surface area (Å²) in [5.74, 6) is -5.85. The lowest BCUT2D eigenvalue weighted by Crippen LogP contribution is -2.67. The van der Waals surface area contributed by atoms with Crippen LogP contribution >= 0.6 is 0 Å². The first-order valence-corrected chi connectivity index (χ1v) is 14.6. The minimum Gasteiger partial charge on any atom is -0.463 e. The van der Waals surface area contributed by atoms with Gasteiger partial charge in [-0.2, -0.15) is 0 Å². The molecule has 2 aliphatic heterocycles. The maximum Gasteiger partial charge on any atom is 0.303 e. The van der Waals surface area contributed by atoms with Crippen molar-refractivity contribution in [3.63, 3.8) is 0 Å². The zero-order valence-corrected chi connectivity index (χ0v) is 27.4. The summed E-state index contributed by atoms with van der Waals surface area (Å²) in [5, 5.41) is 3.47. The summed E-state index contributed by atoms with van der Waals surface area (Å²) in [5.41, 5.74) is 8.77. The Morgan fingerprint density at radius 2 is 0.938 bits per heavy atom. The molecule has 20 heteroatoms. The Labute approximate surface area is 274 Å². The van der Waals surface area contributed by atoms with Crippen molar-refractivity contribution >= 4 is 41.8 Å². The SMILES string of the molecule is CC(=O)OC[C@H]1O[C@@H](O[C@H]2[C@H](OC(C)=O)[C@@H](OC(C)=O)[C@H](CCN=[N+]=[N-])O[C@@H]2COC(C)=O)[C@H](OC(C)=O)[C@@H](OC(C)=O)[C@H]1OC(C)=O. The molecular formula is C28H39N3O17. The molecule has 0 N–H and O–H groups in total. The van der Waals surface area contributed by atoms with E-state index in [-0.39, 0.29) is 13.0 Å². The number of ether oxygens (including phenoxy) is 10. The normalized spacial score (nSPS) is 29.6. The van der Waals surface area contributed by atoms with E-state index in [4.69, 9.17) is 52.9 Å². The van der Waals surface area contributed by atoms with Crippen LogP contribution in [0.4, 0.5) is 0 Å². The summed E-state index contributed by atoms with van der Waals surface area (Å²) in [6, 6.07) is 0. The van der Waals surface area contributed by atoms with E-state index in [0.29, 0.717) is 0 Å². The van der Waals surface area contributed by atoms with Gasteiger partial charge in [0.2, 0.25) is 0 Å². The lowest BCUT2D eigenvalue weighted by Gasteiger charge is -2.49. The van der Waals surface area contributed by atoms with Gasteiger partial charge in [-0.25, -0.2) is 0 Å². The van der Waals surface area contributed by atoms with Crippen molar-refractivity contribution in [1.29, 1.82) is 0 Å². The Kier molecular flexibility index (Phi) is 15.5. The molecule has 2 heterocycles. The molecule has 0 aromatic carbocycles. The second kappa shape index (κ2) is 18.7. The number of hydrogen-bond acceptors (Lipinski definition) is 18. The number of esters is 7. The Morgan fingerprint density at radius 1 is 0.542 bits per heavy atom. The fourth-order valence-electron chi connectivity index (χ4n) is 5.06. The summed E-state index contributed by atoms with van der Waals surface area (Å²) in [7, 11) is 0. The van der Waals surface area contributed by atoms with Crippen molar-refractivity contribution in [2.45, 2.75) is 116 Å². The molecule has 2 fully saturated rings. The molecule has 0 bridgehead atoms. The lowest BCUT2D eigenvalue weighted by molar-refractivity contribution is -0.345. The minimum absolute atomic E-state index is 0.0535. The van der Waals surface area contributed by atoms with Crippen LogP contribution in [0.3, 0.4) is 0 Å². The fraction of sp³-hybridized carbons (Fsp3) is 0.750. The Bertz CT molecular complexity index is 1250. The summed E-state index contributed by atoms with van der Waals surface area (Å²) < 4.78 is 55.9. The third-order valence-corrected chi connectivity index (χ3v) is 6.60. The predicted octanol–water partition coefficient (Wildman–Crippen LogP) is 0.349. The molecule has 20 nitrogen and oxygen atoms in total. The van der Waals surface area contributed by atoms with Gasteiger partial charge in [0, 0.05) is 59.9 Å². The van der Waals surface area contributed by atoms with Crippen LogP contribution < -0.4 is 0 Å². The number of carbonyl (C=O) groups is 7. The molecule has 0 aliphatic carbocycles. The minimum atomic E-state index is -1.78. The number of hydrogen-bond donors (Lipinski definition) is 0. The topological polar surface area (TPSA) is 261 Å². The Balaban J connectivity index is 2.72. The molecule has 0 saturated carbocycles. The van der Waals surface area contributed by atoms with Crippen LogP contribution in [0, 0.1) is 0 Å². The second-order valence-corrected chi connectivity index (χ2v) is 10.6. The van der Waals surface area contributed by atoms with Gasteiger partial charge in [0.25, 0.3) is 0 Å². The molecule has 0 spiro atoms. The van der Waals surface area contributed by atoms with E-state index >= 15 is 0 Å². The monoisotopic (exact) mass is 689 g/mol. The van der Waals surface area contributed by atoms with E-state index in [2.05, 4.69) is 10.0 Å². The van der Waals surface area contributed by atoms with Gasteiger partial charge in [-0.15, -0.1) is 0 Å². The highest BCUT2D eigenvalue weighted by Crippen LogP contribution is 2.36. The van der Waals surface area contributed by atoms with Gasteiger partial charge >= 0.3 is 41.8 Å². The molecule has 10 atom stereocenters. The van der Waals surface area contributed by atoms with Gasteiger partial charge < -0.3 is 47.4 Å². The quantitative estimate of drug-likeness (QED) is 0.0783. The highest BCUT2D eigenvalue weighted by atomic mass is 16.8. The number of azide groups is 1. The highest BCUT2D eigenvalue weighted by Gasteiger charge is 2.57. The highest BCUT2D eigenvalue weighted by molar-refractivity contribution is 5.69. The molecular weight excluding hydrogens is 650 g/mol. The lowest BCUT2D eigenvalue weighted by atomic mass is 9.92. The number of nitrogens with zero attached hydrogens (tertiary/aromatic N) is 3. The van der Waals surface area contributed by atoms with E-state index in [1.165, 1.54) is 0 Å². The summed E-state index contributed by atoms with van der Waals surface area (Å²) in [6.45, 7) is 6.22. The zero-order valence-electron chi connectivity index (χ0n) is 27.4. The predicted molar refractivity (Wildman–Crippen MR) is 152 cm³/mol. The van der Waals surface area contributed by atoms with Gasteiger partial charge in [0.05, 0.1) is 6.10 Å². The third-order valence-electron chi connectivity index (χ3n) is 6.60. The molecule has 0 aromatic heterocycles. The molecule has 48 heavy (non-hydrogen) atoms. The van der Waals surface area contributed by atoms with E-state index in [1.807, 2.05) is 0 Å². The number of carbonyl (C=O) groups excluding carboxylic acids is 7. The van der Waals surface area contributed by atoms with Gasteiger partial charge in [0.1, 0.15) is 31.5 Å². The van der Waals surface area contributed by atoms with Crippen LogP contribution in [0.1, 0.15) is 54.9 Å². The van der Waals surface area contributed by atoms with E-state index < -0.39 is 116 Å². The van der Waals surface area contributed by atoms with E-state index in [1.54, 1.807) is 0 Å². The van der Waals surface area contributed by atoms with Crippen LogP contribution in [-0.4, -0.2) is 123 Å². The first-order chi connectivity index (χ1) is 22.5. The molecule has 0 aromatic rings. The maximum absolute atomic E-state index is 12.4. The summed E-state index contributed by atoms with van der Waals surface area (Å²) in [6.07, 6.45) is -14.9. The molecule has 2 rings (SSSR count). The summed E-state index contributed by atoms with van der Waals surface area (Å²) in [4.78, 5) is 87.4. The van der Waals surface area contributed by atoms with Gasteiger partial charge in [-0.1, -0.05) is 5.11 Å². The van der Waals surface area contributed by atoms with Crippen molar-refractivity contribution < 1.29 is 80.9 Å². The zero-order chi connectivity index (χ0) is 36.1. The van der Waals surface area contributed by atoms with Crippen LogP contribution in [0.25, 0.3) is 10.4 Å². The largest absolute Gasteiger partial charge is 0.463 e. The maximum atomic E-state index is 12.4. The van der Waals surface area contributed by atoms with Crippen LogP contribution in [-0.2, 0) is 80.9 Å². The van der Waals surface area contributed by atoms with E-state index in [9.17, 15) is 33.6 Å². The van der Waals surface area contributed by atoms with Crippen molar-refractivity contribution in [3.8, 4) is 0 Å². The van der Waals surface area contributed by atoms with Crippen molar-refractivity contribution in [2.75, 3.05) is 19.8 Å². The fourth-order valence-corrected chi connectivity index (χ4v) is 5.06. The smallest absolute Gasteiger partial charge is 0.303 e. The first kappa shape index (κ1) is 39.7. The van der Waals surface area contributed by atoms with Crippen LogP contribution in [0.5, 0.6) is 0 Å². The third kappa shape index (κ3) is 12.3. The van der Waals surface area contributed by atoms with Gasteiger partial charge in [0.15, 0.2) is 36.8 Å². The molecule has 0 unspecified atom stereocenters.